The van der Waals surface area contributed by atoms with Crippen molar-refractivity contribution in [1.82, 2.24) is 9.29 Å². The van der Waals surface area contributed by atoms with Crippen molar-refractivity contribution in [3.8, 4) is 10.9 Å². The highest BCUT2D eigenvalue weighted by Gasteiger charge is 2.32. The van der Waals surface area contributed by atoms with Gasteiger partial charge in [0.1, 0.15) is 28.1 Å². The summed E-state index contributed by atoms with van der Waals surface area (Å²) in [6.07, 6.45) is 0.912. The molecule has 0 spiro atoms. The van der Waals surface area contributed by atoms with Crippen molar-refractivity contribution in [1.29, 1.82) is 0 Å². The van der Waals surface area contributed by atoms with Gasteiger partial charge in [0.15, 0.2) is 0 Å². The van der Waals surface area contributed by atoms with E-state index in [4.69, 9.17) is 9.47 Å². The predicted octanol–water partition coefficient (Wildman–Crippen LogP) is 4.07. The molecule has 1 aromatic heterocycles. The van der Waals surface area contributed by atoms with E-state index in [2.05, 4.69) is 4.98 Å². The minimum atomic E-state index is -3.65. The molecule has 2 aromatic carbocycles. The summed E-state index contributed by atoms with van der Waals surface area (Å²) in [5, 5.41) is 0.410. The van der Waals surface area contributed by atoms with Crippen LogP contribution >= 0.6 is 11.3 Å². The number of sulfonamides is 1. The lowest BCUT2D eigenvalue weighted by Crippen LogP contribution is -2.41. The first kappa shape index (κ1) is 20.1. The van der Waals surface area contributed by atoms with Crippen LogP contribution in [0.5, 0.6) is 10.9 Å². The third kappa shape index (κ3) is 4.08. The number of para-hydroxylation sites is 2. The Hall–Kier alpha value is -2.23. The number of piperidine rings is 1. The molecular weight excluding hydrogens is 415 g/mol. The number of hydrogen-bond donors (Lipinski definition) is 0. The van der Waals surface area contributed by atoms with E-state index >= 15 is 0 Å². The number of rotatable bonds is 6. The topological polar surface area (TPSA) is 68.7 Å². The van der Waals surface area contributed by atoms with Gasteiger partial charge in [0.2, 0.25) is 10.0 Å². The SMILES string of the molecule is CCOc1ccccc1S(=O)(=O)N1CCC(Oc2nc3c(F)cccc3s2)CC1. The van der Waals surface area contributed by atoms with Crippen LogP contribution in [0, 0.1) is 5.82 Å². The van der Waals surface area contributed by atoms with Gasteiger partial charge in [0, 0.05) is 13.1 Å². The molecule has 2 heterocycles. The number of ether oxygens (including phenoxy) is 2. The third-order valence-corrected chi connectivity index (χ3v) is 7.63. The summed E-state index contributed by atoms with van der Waals surface area (Å²) in [4.78, 5) is 4.41. The summed E-state index contributed by atoms with van der Waals surface area (Å²) < 4.78 is 53.5. The summed E-state index contributed by atoms with van der Waals surface area (Å²) in [6.45, 7) is 2.89. The quantitative estimate of drug-likeness (QED) is 0.583. The van der Waals surface area contributed by atoms with Crippen LogP contribution in [0.4, 0.5) is 4.39 Å². The smallest absolute Gasteiger partial charge is 0.274 e. The maximum atomic E-state index is 13.8. The van der Waals surface area contributed by atoms with Gasteiger partial charge < -0.3 is 9.47 Å². The summed E-state index contributed by atoms with van der Waals surface area (Å²) in [5.41, 5.74) is 0.306. The van der Waals surface area contributed by atoms with E-state index in [1.165, 1.54) is 21.7 Å². The zero-order chi connectivity index (χ0) is 20.4. The number of nitrogens with zero attached hydrogens (tertiary/aromatic N) is 2. The molecule has 1 aliphatic heterocycles. The Bertz CT molecular complexity index is 1110. The average Bonchev–Trinajstić information content (AvgIpc) is 3.13. The predicted molar refractivity (Wildman–Crippen MR) is 110 cm³/mol. The summed E-state index contributed by atoms with van der Waals surface area (Å²) in [5.74, 6) is -0.00708. The second-order valence-electron chi connectivity index (χ2n) is 6.67. The fourth-order valence-electron chi connectivity index (χ4n) is 3.35. The largest absolute Gasteiger partial charge is 0.492 e. The van der Waals surface area contributed by atoms with Gasteiger partial charge in [-0.3, -0.25) is 0 Å². The molecule has 3 aromatic rings. The first-order chi connectivity index (χ1) is 14.0. The number of aromatic nitrogens is 1. The second-order valence-corrected chi connectivity index (χ2v) is 9.57. The van der Waals surface area contributed by atoms with Crippen molar-refractivity contribution in [3.63, 3.8) is 0 Å². The Kier molecular flexibility index (Phi) is 5.71. The minimum Gasteiger partial charge on any atom is -0.492 e. The third-order valence-electron chi connectivity index (χ3n) is 4.79. The fourth-order valence-corrected chi connectivity index (χ4v) is 5.85. The molecule has 0 bridgehead atoms. The first-order valence-corrected chi connectivity index (χ1v) is 11.7. The van der Waals surface area contributed by atoms with Gasteiger partial charge in [-0.2, -0.15) is 9.29 Å². The van der Waals surface area contributed by atoms with Crippen molar-refractivity contribution < 1.29 is 22.3 Å². The van der Waals surface area contributed by atoms with E-state index < -0.39 is 10.0 Å². The molecule has 0 aliphatic carbocycles. The molecule has 0 N–H and O–H groups in total. The maximum absolute atomic E-state index is 13.8. The van der Waals surface area contributed by atoms with Crippen molar-refractivity contribution in [2.45, 2.75) is 30.8 Å². The lowest BCUT2D eigenvalue weighted by molar-refractivity contribution is 0.135. The normalized spacial score (nSPS) is 16.2. The van der Waals surface area contributed by atoms with E-state index in [-0.39, 0.29) is 16.8 Å². The van der Waals surface area contributed by atoms with Crippen LogP contribution in [0.25, 0.3) is 10.2 Å². The number of thiazole rings is 1. The fraction of sp³-hybridized carbons (Fsp3) is 0.350. The Morgan fingerprint density at radius 2 is 1.93 bits per heavy atom. The second kappa shape index (κ2) is 8.25. The highest BCUT2D eigenvalue weighted by Crippen LogP contribution is 2.32. The van der Waals surface area contributed by atoms with Gasteiger partial charge in [-0.25, -0.2) is 12.8 Å². The zero-order valence-corrected chi connectivity index (χ0v) is 17.5. The highest BCUT2D eigenvalue weighted by molar-refractivity contribution is 7.89. The summed E-state index contributed by atoms with van der Waals surface area (Å²) >= 11 is 1.29. The molecule has 0 radical (unpaired) electrons. The van der Waals surface area contributed by atoms with Gasteiger partial charge >= 0.3 is 0 Å². The maximum Gasteiger partial charge on any atom is 0.274 e. The van der Waals surface area contributed by atoms with Crippen LogP contribution in [-0.4, -0.2) is 43.5 Å². The number of halogens is 1. The molecule has 154 valence electrons. The lowest BCUT2D eigenvalue weighted by Gasteiger charge is -2.31. The summed E-state index contributed by atoms with van der Waals surface area (Å²) in [6, 6.07) is 11.5. The van der Waals surface area contributed by atoms with Crippen LogP contribution in [0.1, 0.15) is 19.8 Å². The molecular formula is C20H21FN2O4S2. The van der Waals surface area contributed by atoms with E-state index in [9.17, 15) is 12.8 Å². The Balaban J connectivity index is 1.44. The van der Waals surface area contributed by atoms with E-state index in [0.717, 1.165) is 4.70 Å². The van der Waals surface area contributed by atoms with Gasteiger partial charge in [0.25, 0.3) is 5.19 Å². The summed E-state index contributed by atoms with van der Waals surface area (Å²) in [7, 11) is -3.65. The van der Waals surface area contributed by atoms with Crippen LogP contribution in [0.15, 0.2) is 47.4 Å². The van der Waals surface area contributed by atoms with Crippen LogP contribution in [-0.2, 0) is 10.0 Å². The number of benzene rings is 2. The van der Waals surface area contributed by atoms with Crippen molar-refractivity contribution in [2.75, 3.05) is 19.7 Å². The minimum absolute atomic E-state index is 0.160. The highest BCUT2D eigenvalue weighted by atomic mass is 32.2. The molecule has 4 rings (SSSR count). The molecule has 1 aliphatic rings. The van der Waals surface area contributed by atoms with E-state index in [1.807, 2.05) is 6.92 Å². The van der Waals surface area contributed by atoms with Gasteiger partial charge in [0.05, 0.1) is 11.3 Å². The standard InChI is InChI=1S/C20H21FN2O4S2/c1-2-26-16-7-3-4-9-18(16)29(24,25)23-12-10-14(11-13-23)27-20-22-19-15(21)6-5-8-17(19)28-20/h3-9,14H,2,10-13H2,1H3. The van der Waals surface area contributed by atoms with Crippen molar-refractivity contribution in [3.05, 3.63) is 48.3 Å². The monoisotopic (exact) mass is 436 g/mol. The van der Waals surface area contributed by atoms with Crippen molar-refractivity contribution in [2.24, 2.45) is 0 Å². The molecule has 0 atom stereocenters. The number of fused-ring (bicyclic) bond motifs is 1. The van der Waals surface area contributed by atoms with Gasteiger partial charge in [-0.05, 0) is 44.0 Å². The first-order valence-electron chi connectivity index (χ1n) is 9.42. The Morgan fingerprint density at radius 3 is 2.66 bits per heavy atom. The average molecular weight is 437 g/mol. The molecule has 0 amide bonds. The van der Waals surface area contributed by atoms with Crippen molar-refractivity contribution >= 4 is 31.6 Å². The molecule has 29 heavy (non-hydrogen) atoms. The van der Waals surface area contributed by atoms with Gasteiger partial charge in [-0.1, -0.05) is 29.5 Å². The number of hydrogen-bond acceptors (Lipinski definition) is 6. The molecule has 6 nitrogen and oxygen atoms in total. The van der Waals surface area contributed by atoms with Gasteiger partial charge in [-0.15, -0.1) is 0 Å². The van der Waals surface area contributed by atoms with Crippen LogP contribution < -0.4 is 9.47 Å². The molecule has 0 unspecified atom stereocenters. The van der Waals surface area contributed by atoms with E-state index in [1.54, 1.807) is 36.4 Å². The van der Waals surface area contributed by atoms with Crippen LogP contribution in [0.2, 0.25) is 0 Å². The van der Waals surface area contributed by atoms with E-state index in [0.29, 0.717) is 49.0 Å². The molecule has 9 heteroatoms. The lowest BCUT2D eigenvalue weighted by atomic mass is 10.1. The molecule has 0 saturated carbocycles. The molecule has 1 fully saturated rings. The Labute approximate surface area is 172 Å². The zero-order valence-electron chi connectivity index (χ0n) is 15.9. The van der Waals surface area contributed by atoms with Crippen LogP contribution in [0.3, 0.4) is 0 Å². The Morgan fingerprint density at radius 1 is 1.17 bits per heavy atom. The molecule has 1 saturated heterocycles.